The van der Waals surface area contributed by atoms with E-state index in [2.05, 4.69) is 19.2 Å². The number of nitrogens with one attached hydrogen (secondary N) is 1. The Kier molecular flexibility index (Phi) is 5.69. The highest BCUT2D eigenvalue weighted by Crippen LogP contribution is 2.09. The Morgan fingerprint density at radius 3 is 2.87 bits per heavy atom. The first-order chi connectivity index (χ1) is 7.20. The number of rotatable bonds is 5. The minimum absolute atomic E-state index is 0.0437. The Hall–Kier alpha value is -0.570. The number of carbonyl (C=O) groups is 1. The standard InChI is InChI=1S/C12H23NO2/c1-10(2)6-5-9-15-12(14)11-7-3-4-8-13-11/h10-11,13H,3-9H2,1-2H3/t11-/m0/s1. The molecule has 0 aromatic heterocycles. The average molecular weight is 213 g/mol. The van der Waals surface area contributed by atoms with Gasteiger partial charge in [0, 0.05) is 0 Å². The van der Waals surface area contributed by atoms with Crippen molar-refractivity contribution in [2.45, 2.75) is 52.0 Å². The number of ether oxygens (including phenoxy) is 1. The molecule has 1 atom stereocenters. The second-order valence-electron chi connectivity index (χ2n) is 4.71. The van der Waals surface area contributed by atoms with E-state index in [0.717, 1.165) is 32.2 Å². The molecule has 0 spiro atoms. The maximum absolute atomic E-state index is 11.6. The van der Waals surface area contributed by atoms with Crippen molar-refractivity contribution < 1.29 is 9.53 Å². The van der Waals surface area contributed by atoms with Crippen LogP contribution in [0.5, 0.6) is 0 Å². The molecule has 1 rings (SSSR count). The van der Waals surface area contributed by atoms with Gasteiger partial charge in [-0.3, -0.25) is 4.79 Å². The summed E-state index contributed by atoms with van der Waals surface area (Å²) in [6, 6.07) is -0.0437. The fourth-order valence-electron chi connectivity index (χ4n) is 1.82. The average Bonchev–Trinajstić information content (AvgIpc) is 2.25. The topological polar surface area (TPSA) is 38.3 Å². The highest BCUT2D eigenvalue weighted by Gasteiger charge is 2.21. The van der Waals surface area contributed by atoms with E-state index in [1.165, 1.54) is 6.42 Å². The zero-order valence-electron chi connectivity index (χ0n) is 9.92. The van der Waals surface area contributed by atoms with Crippen molar-refractivity contribution >= 4 is 5.97 Å². The molecule has 88 valence electrons. The van der Waals surface area contributed by atoms with Crippen LogP contribution in [0.25, 0.3) is 0 Å². The van der Waals surface area contributed by atoms with Gasteiger partial charge in [-0.1, -0.05) is 20.3 Å². The van der Waals surface area contributed by atoms with Gasteiger partial charge in [0.1, 0.15) is 6.04 Å². The minimum Gasteiger partial charge on any atom is -0.465 e. The molecular weight excluding hydrogens is 190 g/mol. The molecule has 1 saturated heterocycles. The lowest BCUT2D eigenvalue weighted by Gasteiger charge is -2.21. The number of esters is 1. The lowest BCUT2D eigenvalue weighted by atomic mass is 10.1. The number of hydrogen-bond acceptors (Lipinski definition) is 3. The summed E-state index contributed by atoms with van der Waals surface area (Å²) in [6.45, 7) is 5.90. The van der Waals surface area contributed by atoms with Crippen LogP contribution in [0, 0.1) is 5.92 Å². The third-order valence-corrected chi connectivity index (χ3v) is 2.76. The van der Waals surface area contributed by atoms with Gasteiger partial charge < -0.3 is 10.1 Å². The summed E-state index contributed by atoms with van der Waals surface area (Å²) in [5, 5.41) is 3.19. The SMILES string of the molecule is CC(C)CCCOC(=O)[C@@H]1CCCCN1. The summed E-state index contributed by atoms with van der Waals surface area (Å²) < 4.78 is 5.23. The van der Waals surface area contributed by atoms with Crippen molar-refractivity contribution in [2.24, 2.45) is 5.92 Å². The van der Waals surface area contributed by atoms with Crippen LogP contribution in [0.2, 0.25) is 0 Å². The van der Waals surface area contributed by atoms with E-state index in [1.807, 2.05) is 0 Å². The quantitative estimate of drug-likeness (QED) is 0.561. The maximum atomic E-state index is 11.6. The highest BCUT2D eigenvalue weighted by atomic mass is 16.5. The maximum Gasteiger partial charge on any atom is 0.323 e. The Morgan fingerprint density at radius 1 is 1.47 bits per heavy atom. The lowest BCUT2D eigenvalue weighted by molar-refractivity contribution is -0.147. The van der Waals surface area contributed by atoms with E-state index in [9.17, 15) is 4.79 Å². The van der Waals surface area contributed by atoms with Gasteiger partial charge >= 0.3 is 5.97 Å². The molecule has 0 aliphatic carbocycles. The molecule has 1 aliphatic rings. The van der Waals surface area contributed by atoms with Crippen LogP contribution in [0.15, 0.2) is 0 Å². The Labute approximate surface area is 92.6 Å². The van der Waals surface area contributed by atoms with Crippen LogP contribution in [-0.2, 0) is 9.53 Å². The monoisotopic (exact) mass is 213 g/mol. The van der Waals surface area contributed by atoms with E-state index in [0.29, 0.717) is 12.5 Å². The Bertz CT molecular complexity index is 186. The molecule has 0 amide bonds. The molecule has 0 aromatic rings. The highest BCUT2D eigenvalue weighted by molar-refractivity contribution is 5.75. The molecule has 0 saturated carbocycles. The third kappa shape index (κ3) is 5.17. The molecule has 0 radical (unpaired) electrons. The van der Waals surface area contributed by atoms with Gasteiger partial charge in [-0.2, -0.15) is 0 Å². The van der Waals surface area contributed by atoms with Gasteiger partial charge in [0.05, 0.1) is 6.61 Å². The molecular formula is C12H23NO2. The van der Waals surface area contributed by atoms with Crippen molar-refractivity contribution in [2.75, 3.05) is 13.2 Å². The van der Waals surface area contributed by atoms with Crippen molar-refractivity contribution in [3.05, 3.63) is 0 Å². The predicted molar refractivity (Wildman–Crippen MR) is 60.7 cm³/mol. The smallest absolute Gasteiger partial charge is 0.323 e. The molecule has 3 heteroatoms. The molecule has 1 N–H and O–H groups in total. The predicted octanol–water partition coefficient (Wildman–Crippen LogP) is 2.11. The van der Waals surface area contributed by atoms with Crippen LogP contribution >= 0.6 is 0 Å². The fraction of sp³-hybridized carbons (Fsp3) is 0.917. The largest absolute Gasteiger partial charge is 0.465 e. The van der Waals surface area contributed by atoms with Crippen LogP contribution in [-0.4, -0.2) is 25.2 Å². The summed E-state index contributed by atoms with van der Waals surface area (Å²) in [6.07, 6.45) is 5.36. The van der Waals surface area contributed by atoms with Crippen LogP contribution < -0.4 is 5.32 Å². The van der Waals surface area contributed by atoms with Crippen molar-refractivity contribution in [1.82, 2.24) is 5.32 Å². The Balaban J connectivity index is 2.07. The number of carbonyl (C=O) groups excluding carboxylic acids is 1. The second kappa shape index (κ2) is 6.83. The fourth-order valence-corrected chi connectivity index (χ4v) is 1.82. The van der Waals surface area contributed by atoms with Gasteiger partial charge in [0.2, 0.25) is 0 Å². The molecule has 0 bridgehead atoms. The van der Waals surface area contributed by atoms with Gasteiger partial charge in [-0.05, 0) is 38.1 Å². The molecule has 1 aliphatic heterocycles. The molecule has 0 unspecified atom stereocenters. The van der Waals surface area contributed by atoms with Crippen LogP contribution in [0.1, 0.15) is 46.0 Å². The van der Waals surface area contributed by atoms with Gasteiger partial charge in [-0.25, -0.2) is 0 Å². The van der Waals surface area contributed by atoms with Gasteiger partial charge in [-0.15, -0.1) is 0 Å². The summed E-state index contributed by atoms with van der Waals surface area (Å²) in [4.78, 5) is 11.6. The van der Waals surface area contributed by atoms with E-state index in [1.54, 1.807) is 0 Å². The first kappa shape index (κ1) is 12.5. The molecule has 15 heavy (non-hydrogen) atoms. The number of piperidine rings is 1. The van der Waals surface area contributed by atoms with E-state index in [-0.39, 0.29) is 12.0 Å². The van der Waals surface area contributed by atoms with Crippen molar-refractivity contribution in [3.8, 4) is 0 Å². The van der Waals surface area contributed by atoms with Gasteiger partial charge in [0.25, 0.3) is 0 Å². The zero-order valence-corrected chi connectivity index (χ0v) is 9.92. The minimum atomic E-state index is -0.0570. The van der Waals surface area contributed by atoms with Crippen molar-refractivity contribution in [1.29, 1.82) is 0 Å². The third-order valence-electron chi connectivity index (χ3n) is 2.76. The molecule has 1 fully saturated rings. The summed E-state index contributed by atoms with van der Waals surface area (Å²) in [5.41, 5.74) is 0. The molecule has 1 heterocycles. The molecule has 0 aromatic carbocycles. The van der Waals surface area contributed by atoms with Crippen LogP contribution in [0.4, 0.5) is 0 Å². The van der Waals surface area contributed by atoms with Crippen molar-refractivity contribution in [3.63, 3.8) is 0 Å². The summed E-state index contributed by atoms with van der Waals surface area (Å²) >= 11 is 0. The van der Waals surface area contributed by atoms with Gasteiger partial charge in [0.15, 0.2) is 0 Å². The van der Waals surface area contributed by atoms with E-state index >= 15 is 0 Å². The van der Waals surface area contributed by atoms with E-state index in [4.69, 9.17) is 4.74 Å². The van der Waals surface area contributed by atoms with E-state index < -0.39 is 0 Å². The molecule has 3 nitrogen and oxygen atoms in total. The Morgan fingerprint density at radius 2 is 2.27 bits per heavy atom. The lowest BCUT2D eigenvalue weighted by Crippen LogP contribution is -2.41. The second-order valence-corrected chi connectivity index (χ2v) is 4.71. The zero-order chi connectivity index (χ0) is 11.1. The summed E-state index contributed by atoms with van der Waals surface area (Å²) in [5.74, 6) is 0.634. The number of hydrogen-bond donors (Lipinski definition) is 1. The first-order valence-electron chi connectivity index (χ1n) is 6.10. The summed E-state index contributed by atoms with van der Waals surface area (Å²) in [7, 11) is 0. The van der Waals surface area contributed by atoms with Crippen LogP contribution in [0.3, 0.4) is 0 Å². The normalized spacial score (nSPS) is 21.7. The first-order valence-corrected chi connectivity index (χ1v) is 6.10.